The van der Waals surface area contributed by atoms with Gasteiger partial charge in [-0.15, -0.1) is 0 Å². The molecule has 41 heavy (non-hydrogen) atoms. The summed E-state index contributed by atoms with van der Waals surface area (Å²) < 4.78 is 23.1. The van der Waals surface area contributed by atoms with Crippen molar-refractivity contribution in [2.75, 3.05) is 6.26 Å². The van der Waals surface area contributed by atoms with Gasteiger partial charge in [-0.3, -0.25) is 4.79 Å². The van der Waals surface area contributed by atoms with Crippen LogP contribution in [-0.4, -0.2) is 31.0 Å². The van der Waals surface area contributed by atoms with Crippen LogP contribution in [0.1, 0.15) is 65.1 Å². The average Bonchev–Trinajstić information content (AvgIpc) is 2.94. The third-order valence-electron chi connectivity index (χ3n) is 7.35. The van der Waals surface area contributed by atoms with E-state index in [9.17, 15) is 13.2 Å². The number of carbonyl (C=O) groups is 1. The molecule has 0 heterocycles. The molecule has 4 aromatic carbocycles. The summed E-state index contributed by atoms with van der Waals surface area (Å²) in [4.78, 5) is 14.7. The maximum Gasteiger partial charge on any atom is 0.362 e. The van der Waals surface area contributed by atoms with Crippen LogP contribution in [0.4, 0.5) is 0 Å². The highest BCUT2D eigenvalue weighted by atomic mass is 32.2. The Morgan fingerprint density at radius 2 is 1.12 bits per heavy atom. The van der Waals surface area contributed by atoms with Crippen LogP contribution in [0, 0.1) is 20.8 Å². The van der Waals surface area contributed by atoms with E-state index in [1.54, 1.807) is 0 Å². The lowest BCUT2D eigenvalue weighted by molar-refractivity contribution is -0.00436. The molecule has 5 rings (SSSR count). The fourth-order valence-electron chi connectivity index (χ4n) is 4.85. The number of Topliss-reactive ketones (excluding diaryl/α,β-unsaturated/α-hetero) is 1. The monoisotopic (exact) mass is 566 g/mol. The van der Waals surface area contributed by atoms with Gasteiger partial charge in [0, 0.05) is 30.3 Å². The predicted molar refractivity (Wildman–Crippen MR) is 169 cm³/mol. The number of hydrogen-bond acceptors (Lipinski definition) is 3. The Bertz CT molecular complexity index is 1640. The van der Waals surface area contributed by atoms with E-state index >= 15 is 0 Å². The van der Waals surface area contributed by atoms with E-state index < -0.39 is 15.6 Å². The first-order valence-electron chi connectivity index (χ1n) is 12.9. The minimum atomic E-state index is -3.40. The number of allylic oxidation sites excluding steroid dienone is 1. The van der Waals surface area contributed by atoms with Crippen molar-refractivity contribution in [2.45, 2.75) is 45.4 Å². The SMILES string of the molecule is C.CS(=O)(=O)c1cccc2c1C=CC(=[N+]=[N-])C2=O.Cc1ccc(C(C)(c2ccc(C)cc2)c2ccc(C)cc2)cc1.[HH]. The van der Waals surface area contributed by atoms with Gasteiger partial charge in [-0.1, -0.05) is 109 Å². The largest absolute Gasteiger partial charge is 0.362 e. The summed E-state index contributed by atoms with van der Waals surface area (Å²) in [6.45, 7) is 8.74. The van der Waals surface area contributed by atoms with E-state index in [1.165, 1.54) is 63.7 Å². The standard InChI is InChI=1S/C23H24.C11H8N2O3S.CH4.H2/c1-17-5-11-20(12-6-17)23(4,21-13-7-18(2)8-14-21)22-15-9-19(3)10-16-22;1-17(15,16)10-4-2-3-8-7(10)5-6-9(13-12)11(8)14;;/h5-16H,1-4H3;2-6H,1H3;1H4;1H. The summed E-state index contributed by atoms with van der Waals surface area (Å²) in [6, 6.07) is 31.2. The van der Waals surface area contributed by atoms with E-state index in [0.29, 0.717) is 5.56 Å². The highest BCUT2D eigenvalue weighted by molar-refractivity contribution is 7.90. The molecule has 0 fully saturated rings. The molecule has 0 aliphatic heterocycles. The van der Waals surface area contributed by atoms with Crippen LogP contribution >= 0.6 is 0 Å². The van der Waals surface area contributed by atoms with Crippen LogP contribution in [0.2, 0.25) is 0 Å². The molecule has 0 amide bonds. The molecule has 6 heteroatoms. The third-order valence-corrected chi connectivity index (χ3v) is 8.50. The molecule has 0 spiro atoms. The lowest BCUT2D eigenvalue weighted by Gasteiger charge is -2.32. The lowest BCUT2D eigenvalue weighted by Crippen LogP contribution is -2.25. The van der Waals surface area contributed by atoms with Gasteiger partial charge in [0.25, 0.3) is 5.78 Å². The number of nitrogens with zero attached hydrogens (tertiary/aromatic N) is 2. The second kappa shape index (κ2) is 12.4. The highest BCUT2D eigenvalue weighted by Gasteiger charge is 2.31. The number of rotatable bonds is 4. The van der Waals surface area contributed by atoms with Crippen molar-refractivity contribution in [3.63, 3.8) is 0 Å². The molecule has 0 aromatic heterocycles. The fourth-order valence-corrected chi connectivity index (χ4v) is 5.76. The highest BCUT2D eigenvalue weighted by Crippen LogP contribution is 2.39. The Morgan fingerprint density at radius 3 is 1.49 bits per heavy atom. The van der Waals surface area contributed by atoms with E-state index in [2.05, 4.69) is 105 Å². The van der Waals surface area contributed by atoms with E-state index in [0.717, 1.165) is 6.26 Å². The quantitative estimate of drug-likeness (QED) is 0.143. The summed E-state index contributed by atoms with van der Waals surface area (Å²) in [5.74, 6) is -0.490. The van der Waals surface area contributed by atoms with E-state index in [1.807, 2.05) is 0 Å². The molecule has 0 saturated heterocycles. The van der Waals surface area contributed by atoms with Gasteiger partial charge in [0.2, 0.25) is 0 Å². The Balaban J connectivity index is 0.000000292. The van der Waals surface area contributed by atoms with Crippen LogP contribution in [0.3, 0.4) is 0 Å². The van der Waals surface area contributed by atoms with Crippen LogP contribution in [0.25, 0.3) is 11.6 Å². The van der Waals surface area contributed by atoms with Gasteiger partial charge in [-0.05, 0) is 56.5 Å². The summed E-state index contributed by atoms with van der Waals surface area (Å²) in [5, 5.41) is 0. The Labute approximate surface area is 245 Å². The van der Waals surface area contributed by atoms with E-state index in [4.69, 9.17) is 5.53 Å². The number of carbonyl (C=O) groups excluding carboxylic acids is 1. The van der Waals surface area contributed by atoms with Crippen molar-refractivity contribution in [2.24, 2.45) is 0 Å². The molecule has 0 saturated carbocycles. The zero-order chi connectivity index (χ0) is 29.1. The van der Waals surface area contributed by atoms with Crippen LogP contribution in [-0.2, 0) is 15.3 Å². The molecule has 0 N–H and O–H groups in total. The topological polar surface area (TPSA) is 87.6 Å². The molecular weight excluding hydrogens is 528 g/mol. The molecule has 212 valence electrons. The molecule has 1 aliphatic rings. The average molecular weight is 567 g/mol. The number of fused-ring (bicyclic) bond motifs is 1. The van der Waals surface area contributed by atoms with Crippen molar-refractivity contribution in [3.05, 3.63) is 147 Å². The first-order chi connectivity index (χ1) is 18.9. The third kappa shape index (κ3) is 6.51. The minimum absolute atomic E-state index is 0. The molecule has 0 atom stereocenters. The van der Waals surface area contributed by atoms with Gasteiger partial charge in [-0.25, -0.2) is 8.42 Å². The van der Waals surface area contributed by atoms with Crippen molar-refractivity contribution < 1.29 is 19.4 Å². The summed E-state index contributed by atoms with van der Waals surface area (Å²) in [5.41, 5.74) is 16.8. The number of hydrogen-bond donors (Lipinski definition) is 0. The zero-order valence-corrected chi connectivity index (χ0v) is 24.2. The zero-order valence-electron chi connectivity index (χ0n) is 23.3. The molecule has 5 nitrogen and oxygen atoms in total. The van der Waals surface area contributed by atoms with Crippen LogP contribution in [0.15, 0.2) is 102 Å². The first kappa shape index (κ1) is 31.2. The van der Waals surface area contributed by atoms with Gasteiger partial charge >= 0.3 is 5.71 Å². The lowest BCUT2D eigenvalue weighted by atomic mass is 9.71. The minimum Gasteiger partial charge on any atom is -0.361 e. The number of benzene rings is 4. The normalized spacial score (nSPS) is 12.4. The maximum atomic E-state index is 11.8. The molecule has 0 radical (unpaired) electrons. The molecule has 0 bridgehead atoms. The van der Waals surface area contributed by atoms with Crippen LogP contribution in [0.5, 0.6) is 0 Å². The molecule has 4 aromatic rings. The number of aryl methyl sites for hydroxylation is 3. The predicted octanol–water partition coefficient (Wildman–Crippen LogP) is 7.82. The maximum absolute atomic E-state index is 11.8. The molecule has 0 unspecified atom stereocenters. The summed E-state index contributed by atoms with van der Waals surface area (Å²) >= 11 is 0. The fraction of sp³-hybridized carbons (Fsp3) is 0.200. The van der Waals surface area contributed by atoms with Gasteiger partial charge in [0.15, 0.2) is 9.84 Å². The molecular formula is C35H38N2O3S. The van der Waals surface area contributed by atoms with Crippen LogP contribution < -0.4 is 0 Å². The van der Waals surface area contributed by atoms with Gasteiger partial charge < -0.3 is 5.53 Å². The van der Waals surface area contributed by atoms with Crippen molar-refractivity contribution in [3.8, 4) is 0 Å². The first-order valence-corrected chi connectivity index (χ1v) is 14.8. The number of sulfone groups is 1. The number of ketones is 1. The van der Waals surface area contributed by atoms with Gasteiger partial charge in [-0.2, -0.15) is 4.79 Å². The molecule has 1 aliphatic carbocycles. The van der Waals surface area contributed by atoms with Gasteiger partial charge in [0.1, 0.15) is 0 Å². The Hall–Kier alpha value is -4.38. The second-order valence-electron chi connectivity index (χ2n) is 10.4. The Morgan fingerprint density at radius 1 is 0.707 bits per heavy atom. The van der Waals surface area contributed by atoms with E-state index in [-0.39, 0.29) is 30.4 Å². The smallest absolute Gasteiger partial charge is 0.361 e. The van der Waals surface area contributed by atoms with Crippen molar-refractivity contribution in [1.82, 2.24) is 0 Å². The Kier molecular flexibility index (Phi) is 9.44. The van der Waals surface area contributed by atoms with Crippen molar-refractivity contribution >= 4 is 27.4 Å². The van der Waals surface area contributed by atoms with Gasteiger partial charge in [0.05, 0.1) is 4.90 Å². The summed E-state index contributed by atoms with van der Waals surface area (Å²) in [7, 11) is -3.40. The summed E-state index contributed by atoms with van der Waals surface area (Å²) in [6.07, 6.45) is 3.83. The van der Waals surface area contributed by atoms with Crippen molar-refractivity contribution in [1.29, 1.82) is 0 Å². The second-order valence-corrected chi connectivity index (χ2v) is 12.3.